The summed E-state index contributed by atoms with van der Waals surface area (Å²) in [5.74, 6) is -0.0707. The molecule has 0 aliphatic carbocycles. The number of phenolic OH excluding ortho intramolecular Hbond substituents is 1. The molecule has 0 amide bonds. The molecule has 0 atom stereocenters. The van der Waals surface area contributed by atoms with Crippen molar-refractivity contribution < 1.29 is 17.4 Å². The van der Waals surface area contributed by atoms with Crippen LogP contribution in [0.15, 0.2) is 24.3 Å². The Balaban J connectivity index is 2.71. The van der Waals surface area contributed by atoms with Gasteiger partial charge in [-0.2, -0.15) is 13.1 Å². The molecule has 1 rings (SSSR count). The van der Waals surface area contributed by atoms with Gasteiger partial charge in [0, 0.05) is 12.1 Å². The molecule has 0 heterocycles. The Morgan fingerprint density at radius 3 is 2.54 bits per heavy atom. The molecule has 0 unspecified atom stereocenters. The minimum Gasteiger partial charge on any atom is -0.508 e. The molecule has 0 fully saturated rings. The van der Waals surface area contributed by atoms with E-state index in [1.165, 1.54) is 12.1 Å². The monoisotopic (exact) mass is 205 g/mol. The van der Waals surface area contributed by atoms with Crippen molar-refractivity contribution >= 4 is 10.4 Å². The van der Waals surface area contributed by atoms with E-state index in [4.69, 9.17) is 5.11 Å². The fraction of sp³-hybridized carbons (Fsp3) is 0.143. The Hall–Kier alpha value is -1.14. The molecule has 6 heteroatoms. The van der Waals surface area contributed by atoms with Gasteiger partial charge in [0.1, 0.15) is 5.75 Å². The van der Waals surface area contributed by atoms with Gasteiger partial charge in [-0.1, -0.05) is 22.1 Å². The van der Waals surface area contributed by atoms with Crippen LogP contribution < -0.4 is 4.72 Å². The lowest BCUT2D eigenvalue weighted by molar-refractivity contribution is 0.466. The van der Waals surface area contributed by atoms with Crippen molar-refractivity contribution in [1.29, 1.82) is 0 Å². The highest BCUT2D eigenvalue weighted by Crippen LogP contribution is 2.15. The van der Waals surface area contributed by atoms with Crippen LogP contribution in [0.4, 0.5) is 3.89 Å². The zero-order chi connectivity index (χ0) is 9.90. The summed E-state index contributed by atoms with van der Waals surface area (Å²) < 4.78 is 33.7. The molecule has 72 valence electrons. The number of aromatic hydroxyl groups is 1. The van der Waals surface area contributed by atoms with E-state index in [1.807, 2.05) is 0 Å². The SMILES string of the molecule is O=S(=O)(F)NCc1ccccc1O. The molecular formula is C7H8FNO3S. The largest absolute Gasteiger partial charge is 0.508 e. The number of hydrogen-bond acceptors (Lipinski definition) is 3. The normalized spacial score (nSPS) is 11.5. The molecule has 0 aliphatic rings. The molecule has 0 bridgehead atoms. The van der Waals surface area contributed by atoms with Crippen LogP contribution in [0.3, 0.4) is 0 Å². The summed E-state index contributed by atoms with van der Waals surface area (Å²) in [6.07, 6.45) is 0. The third-order valence-electron chi connectivity index (χ3n) is 1.43. The first-order chi connectivity index (χ1) is 5.99. The maximum absolute atomic E-state index is 12.0. The second-order valence-corrected chi connectivity index (χ2v) is 3.55. The Labute approximate surface area is 75.4 Å². The highest BCUT2D eigenvalue weighted by Gasteiger charge is 2.06. The van der Waals surface area contributed by atoms with Crippen LogP contribution in [0.25, 0.3) is 0 Å². The molecule has 0 spiro atoms. The zero-order valence-corrected chi connectivity index (χ0v) is 7.38. The zero-order valence-electron chi connectivity index (χ0n) is 6.57. The summed E-state index contributed by atoms with van der Waals surface area (Å²) in [7, 11) is -4.70. The van der Waals surface area contributed by atoms with Gasteiger partial charge in [0.2, 0.25) is 0 Å². The molecule has 1 aromatic rings. The number of phenols is 1. The van der Waals surface area contributed by atoms with E-state index in [0.29, 0.717) is 5.56 Å². The maximum atomic E-state index is 12.0. The van der Waals surface area contributed by atoms with Gasteiger partial charge in [0.15, 0.2) is 0 Å². The van der Waals surface area contributed by atoms with Gasteiger partial charge in [-0.3, -0.25) is 0 Å². The van der Waals surface area contributed by atoms with E-state index in [2.05, 4.69) is 0 Å². The highest BCUT2D eigenvalue weighted by molar-refractivity contribution is 7.84. The van der Waals surface area contributed by atoms with Gasteiger partial charge in [-0.15, -0.1) is 0 Å². The first-order valence-corrected chi connectivity index (χ1v) is 4.83. The second-order valence-electron chi connectivity index (χ2n) is 2.39. The second kappa shape index (κ2) is 3.71. The standard InChI is InChI=1S/C7H8FNO3S/c8-13(11,12)9-5-6-3-1-2-4-7(6)10/h1-4,9-10H,5H2. The Morgan fingerprint density at radius 2 is 2.00 bits per heavy atom. The van der Waals surface area contributed by atoms with Crippen LogP contribution in [0.5, 0.6) is 5.75 Å². The summed E-state index contributed by atoms with van der Waals surface area (Å²) >= 11 is 0. The average molecular weight is 205 g/mol. The van der Waals surface area contributed by atoms with Crippen molar-refractivity contribution in [3.8, 4) is 5.75 Å². The van der Waals surface area contributed by atoms with E-state index >= 15 is 0 Å². The van der Waals surface area contributed by atoms with Crippen molar-refractivity contribution in [1.82, 2.24) is 4.72 Å². The molecule has 2 N–H and O–H groups in total. The van der Waals surface area contributed by atoms with Gasteiger partial charge >= 0.3 is 10.4 Å². The van der Waals surface area contributed by atoms with Crippen LogP contribution in [0.1, 0.15) is 5.56 Å². The van der Waals surface area contributed by atoms with Crippen LogP contribution in [0, 0.1) is 0 Å². The number of benzene rings is 1. The quantitative estimate of drug-likeness (QED) is 0.714. The van der Waals surface area contributed by atoms with Crippen molar-refractivity contribution in [2.45, 2.75) is 6.54 Å². The molecule has 0 saturated carbocycles. The smallest absolute Gasteiger partial charge is 0.372 e. The molecule has 0 aromatic heterocycles. The first-order valence-electron chi connectivity index (χ1n) is 3.45. The lowest BCUT2D eigenvalue weighted by Gasteiger charge is -2.02. The predicted molar refractivity (Wildman–Crippen MR) is 45.0 cm³/mol. The molecular weight excluding hydrogens is 197 g/mol. The number of rotatable bonds is 3. The Bertz CT molecular complexity index is 390. The molecule has 13 heavy (non-hydrogen) atoms. The van der Waals surface area contributed by atoms with E-state index in [-0.39, 0.29) is 12.3 Å². The lowest BCUT2D eigenvalue weighted by atomic mass is 10.2. The van der Waals surface area contributed by atoms with Crippen LogP contribution in [0.2, 0.25) is 0 Å². The minimum atomic E-state index is -4.70. The molecule has 4 nitrogen and oxygen atoms in total. The van der Waals surface area contributed by atoms with Gasteiger partial charge in [0.25, 0.3) is 0 Å². The highest BCUT2D eigenvalue weighted by atomic mass is 32.3. The summed E-state index contributed by atoms with van der Waals surface area (Å²) in [6, 6.07) is 6.08. The summed E-state index contributed by atoms with van der Waals surface area (Å²) in [5.41, 5.74) is 0.323. The topological polar surface area (TPSA) is 66.4 Å². The first kappa shape index (κ1) is 9.94. The Morgan fingerprint density at radius 1 is 1.38 bits per heavy atom. The molecule has 1 aromatic carbocycles. The van der Waals surface area contributed by atoms with Crippen molar-refractivity contribution in [2.75, 3.05) is 0 Å². The van der Waals surface area contributed by atoms with Crippen LogP contribution >= 0.6 is 0 Å². The van der Waals surface area contributed by atoms with Crippen molar-refractivity contribution in [2.24, 2.45) is 0 Å². The number of nitrogens with one attached hydrogen (secondary N) is 1. The van der Waals surface area contributed by atoms with Crippen molar-refractivity contribution in [3.05, 3.63) is 29.8 Å². The predicted octanol–water partition coefficient (Wildman–Crippen LogP) is 0.696. The third-order valence-corrected chi connectivity index (χ3v) is 1.92. The van der Waals surface area contributed by atoms with Gasteiger partial charge in [-0.05, 0) is 6.07 Å². The minimum absolute atomic E-state index is 0.0707. The maximum Gasteiger partial charge on any atom is 0.372 e. The summed E-state index contributed by atoms with van der Waals surface area (Å²) in [6.45, 7) is -0.258. The summed E-state index contributed by atoms with van der Waals surface area (Å²) in [5, 5.41) is 9.15. The van der Waals surface area contributed by atoms with Gasteiger partial charge in [-0.25, -0.2) is 0 Å². The molecule has 0 aliphatic heterocycles. The van der Waals surface area contributed by atoms with E-state index in [1.54, 1.807) is 16.9 Å². The van der Waals surface area contributed by atoms with Crippen molar-refractivity contribution in [3.63, 3.8) is 0 Å². The number of halogens is 1. The fourth-order valence-electron chi connectivity index (χ4n) is 0.824. The number of para-hydroxylation sites is 1. The average Bonchev–Trinajstić information content (AvgIpc) is 2.01. The van der Waals surface area contributed by atoms with E-state index in [0.717, 1.165) is 0 Å². The fourth-order valence-corrected chi connectivity index (χ4v) is 1.15. The van der Waals surface area contributed by atoms with Crippen LogP contribution in [-0.2, 0) is 17.0 Å². The van der Waals surface area contributed by atoms with Gasteiger partial charge in [0.05, 0.1) is 0 Å². The van der Waals surface area contributed by atoms with Crippen LogP contribution in [-0.4, -0.2) is 13.5 Å². The Kier molecular flexibility index (Phi) is 2.84. The summed E-state index contributed by atoms with van der Waals surface area (Å²) in [4.78, 5) is 0. The molecule has 0 radical (unpaired) electrons. The lowest BCUT2D eigenvalue weighted by Crippen LogP contribution is -2.18. The van der Waals surface area contributed by atoms with E-state index in [9.17, 15) is 12.3 Å². The molecule has 0 saturated heterocycles. The third kappa shape index (κ3) is 3.39. The van der Waals surface area contributed by atoms with E-state index < -0.39 is 10.4 Å². The number of hydrogen-bond donors (Lipinski definition) is 2. The van der Waals surface area contributed by atoms with Gasteiger partial charge < -0.3 is 5.11 Å².